The Labute approximate surface area is 102 Å². The lowest BCUT2D eigenvalue weighted by Crippen LogP contribution is -2.48. The summed E-state index contributed by atoms with van der Waals surface area (Å²) in [5.74, 6) is -0.120. The first-order valence-corrected chi connectivity index (χ1v) is 6.04. The van der Waals surface area contributed by atoms with Gasteiger partial charge in [0.2, 0.25) is 0 Å². The number of esters is 1. The first-order valence-electron chi connectivity index (χ1n) is 6.04. The van der Waals surface area contributed by atoms with E-state index in [-0.39, 0.29) is 5.97 Å². The quantitative estimate of drug-likeness (QED) is 0.750. The molecule has 1 aliphatic rings. The lowest BCUT2D eigenvalue weighted by Gasteiger charge is -2.32. The SMILES string of the molecule is COC(=O)C1(C)CCCN1Cc1ccccc1. The van der Waals surface area contributed by atoms with E-state index in [4.69, 9.17) is 4.74 Å². The lowest BCUT2D eigenvalue weighted by molar-refractivity contribution is -0.152. The third kappa shape index (κ3) is 2.34. The zero-order valence-corrected chi connectivity index (χ0v) is 10.5. The topological polar surface area (TPSA) is 29.5 Å². The Bertz CT molecular complexity index is 390. The van der Waals surface area contributed by atoms with Gasteiger partial charge in [-0.15, -0.1) is 0 Å². The van der Waals surface area contributed by atoms with Gasteiger partial charge in [-0.25, -0.2) is 0 Å². The molecule has 0 aliphatic carbocycles. The van der Waals surface area contributed by atoms with E-state index in [1.165, 1.54) is 12.7 Å². The first kappa shape index (κ1) is 12.1. The number of carbonyl (C=O) groups is 1. The standard InChI is InChI=1S/C14H19NO2/c1-14(13(16)17-2)9-6-10-15(14)11-12-7-4-3-5-8-12/h3-5,7-8H,6,9-11H2,1-2H3. The van der Waals surface area contributed by atoms with Crippen molar-refractivity contribution in [2.45, 2.75) is 31.8 Å². The fraction of sp³-hybridized carbons (Fsp3) is 0.500. The molecule has 3 heteroatoms. The van der Waals surface area contributed by atoms with Crippen LogP contribution in [-0.2, 0) is 16.1 Å². The highest BCUT2D eigenvalue weighted by atomic mass is 16.5. The van der Waals surface area contributed by atoms with E-state index in [9.17, 15) is 4.79 Å². The third-order valence-electron chi connectivity index (χ3n) is 3.63. The van der Waals surface area contributed by atoms with Gasteiger partial charge in [0.05, 0.1) is 7.11 Å². The first-order chi connectivity index (χ1) is 8.16. The number of ether oxygens (including phenoxy) is 1. The van der Waals surface area contributed by atoms with E-state index in [2.05, 4.69) is 17.0 Å². The van der Waals surface area contributed by atoms with Crippen LogP contribution in [0.5, 0.6) is 0 Å². The fourth-order valence-corrected chi connectivity index (χ4v) is 2.53. The monoisotopic (exact) mass is 233 g/mol. The molecule has 1 aliphatic heterocycles. The second-order valence-corrected chi connectivity index (χ2v) is 4.78. The molecule has 1 atom stereocenters. The van der Waals surface area contributed by atoms with Gasteiger partial charge >= 0.3 is 5.97 Å². The van der Waals surface area contributed by atoms with Crippen molar-refractivity contribution < 1.29 is 9.53 Å². The summed E-state index contributed by atoms with van der Waals surface area (Å²) in [4.78, 5) is 14.1. The van der Waals surface area contributed by atoms with Gasteiger partial charge in [-0.1, -0.05) is 30.3 Å². The van der Waals surface area contributed by atoms with Gasteiger partial charge in [-0.2, -0.15) is 0 Å². The van der Waals surface area contributed by atoms with Gasteiger partial charge in [-0.3, -0.25) is 9.69 Å². The Morgan fingerprint density at radius 3 is 2.76 bits per heavy atom. The molecule has 0 bridgehead atoms. The highest BCUT2D eigenvalue weighted by Crippen LogP contribution is 2.31. The fourth-order valence-electron chi connectivity index (χ4n) is 2.53. The van der Waals surface area contributed by atoms with E-state index in [1.807, 2.05) is 25.1 Å². The van der Waals surface area contributed by atoms with Crippen molar-refractivity contribution in [1.82, 2.24) is 4.90 Å². The van der Waals surface area contributed by atoms with Gasteiger partial charge in [-0.05, 0) is 31.9 Å². The molecule has 3 nitrogen and oxygen atoms in total. The van der Waals surface area contributed by atoms with E-state index < -0.39 is 5.54 Å². The van der Waals surface area contributed by atoms with Gasteiger partial charge in [0.25, 0.3) is 0 Å². The van der Waals surface area contributed by atoms with Crippen molar-refractivity contribution in [2.24, 2.45) is 0 Å². The van der Waals surface area contributed by atoms with Crippen LogP contribution in [0.15, 0.2) is 30.3 Å². The predicted octanol–water partition coefficient (Wildman–Crippen LogP) is 2.21. The molecule has 1 fully saturated rings. The van der Waals surface area contributed by atoms with Crippen molar-refractivity contribution in [3.63, 3.8) is 0 Å². The zero-order chi connectivity index (χ0) is 12.3. The molecular formula is C14H19NO2. The Hall–Kier alpha value is -1.35. The van der Waals surface area contributed by atoms with Gasteiger partial charge in [0.1, 0.15) is 5.54 Å². The van der Waals surface area contributed by atoms with Crippen molar-refractivity contribution in [3.8, 4) is 0 Å². The summed E-state index contributed by atoms with van der Waals surface area (Å²) < 4.78 is 4.92. The predicted molar refractivity (Wildman–Crippen MR) is 66.5 cm³/mol. The van der Waals surface area contributed by atoms with Gasteiger partial charge < -0.3 is 4.74 Å². The summed E-state index contributed by atoms with van der Waals surface area (Å²) in [6, 6.07) is 10.3. The maximum Gasteiger partial charge on any atom is 0.326 e. The summed E-state index contributed by atoms with van der Waals surface area (Å²) in [5.41, 5.74) is 0.787. The molecule has 0 aromatic heterocycles. The van der Waals surface area contributed by atoms with Crippen LogP contribution in [-0.4, -0.2) is 30.1 Å². The highest BCUT2D eigenvalue weighted by Gasteiger charge is 2.43. The summed E-state index contributed by atoms with van der Waals surface area (Å²) in [6.07, 6.45) is 1.94. The average molecular weight is 233 g/mol. The molecule has 2 rings (SSSR count). The molecule has 1 saturated heterocycles. The highest BCUT2D eigenvalue weighted by molar-refractivity contribution is 5.80. The summed E-state index contributed by atoms with van der Waals surface area (Å²) in [6.45, 7) is 3.75. The number of nitrogens with zero attached hydrogens (tertiary/aromatic N) is 1. The molecule has 0 saturated carbocycles. The van der Waals surface area contributed by atoms with Crippen LogP contribution in [0.2, 0.25) is 0 Å². The maximum absolute atomic E-state index is 11.9. The molecule has 92 valence electrons. The van der Waals surface area contributed by atoms with Crippen molar-refractivity contribution >= 4 is 5.97 Å². The lowest BCUT2D eigenvalue weighted by atomic mass is 9.98. The minimum absolute atomic E-state index is 0.120. The van der Waals surface area contributed by atoms with Crippen LogP contribution in [0.4, 0.5) is 0 Å². The third-order valence-corrected chi connectivity index (χ3v) is 3.63. The molecule has 0 spiro atoms. The number of rotatable bonds is 3. The molecular weight excluding hydrogens is 214 g/mol. The zero-order valence-electron chi connectivity index (χ0n) is 10.5. The molecule has 0 N–H and O–H groups in total. The molecule has 1 unspecified atom stereocenters. The number of methoxy groups -OCH3 is 1. The Kier molecular flexibility index (Phi) is 3.48. The van der Waals surface area contributed by atoms with Crippen molar-refractivity contribution in [3.05, 3.63) is 35.9 Å². The average Bonchev–Trinajstić information content (AvgIpc) is 2.72. The molecule has 1 aromatic carbocycles. The van der Waals surface area contributed by atoms with Crippen LogP contribution in [0, 0.1) is 0 Å². The van der Waals surface area contributed by atoms with Crippen LogP contribution in [0.1, 0.15) is 25.3 Å². The van der Waals surface area contributed by atoms with Crippen LogP contribution in [0.3, 0.4) is 0 Å². The number of carbonyl (C=O) groups excluding carboxylic acids is 1. The van der Waals surface area contributed by atoms with Crippen LogP contribution in [0.25, 0.3) is 0 Å². The van der Waals surface area contributed by atoms with Gasteiger partial charge in [0, 0.05) is 6.54 Å². The smallest absolute Gasteiger partial charge is 0.326 e. The number of benzene rings is 1. The Balaban J connectivity index is 2.13. The molecule has 1 aromatic rings. The Morgan fingerprint density at radius 2 is 2.12 bits per heavy atom. The summed E-state index contributed by atoms with van der Waals surface area (Å²) >= 11 is 0. The van der Waals surface area contributed by atoms with Crippen LogP contribution < -0.4 is 0 Å². The molecule has 0 radical (unpaired) electrons. The summed E-state index contributed by atoms with van der Waals surface area (Å²) in [7, 11) is 1.46. The van der Waals surface area contributed by atoms with E-state index in [1.54, 1.807) is 0 Å². The van der Waals surface area contributed by atoms with E-state index in [0.29, 0.717) is 0 Å². The van der Waals surface area contributed by atoms with Crippen LogP contribution >= 0.6 is 0 Å². The number of hydrogen-bond acceptors (Lipinski definition) is 3. The number of hydrogen-bond donors (Lipinski definition) is 0. The minimum Gasteiger partial charge on any atom is -0.468 e. The van der Waals surface area contributed by atoms with E-state index >= 15 is 0 Å². The minimum atomic E-state index is -0.454. The molecule has 1 heterocycles. The molecule has 0 amide bonds. The number of likely N-dealkylation sites (tertiary alicyclic amines) is 1. The normalized spacial score (nSPS) is 24.8. The second-order valence-electron chi connectivity index (χ2n) is 4.78. The van der Waals surface area contributed by atoms with Gasteiger partial charge in [0.15, 0.2) is 0 Å². The van der Waals surface area contributed by atoms with Crippen molar-refractivity contribution in [2.75, 3.05) is 13.7 Å². The van der Waals surface area contributed by atoms with E-state index in [0.717, 1.165) is 25.9 Å². The maximum atomic E-state index is 11.9. The largest absolute Gasteiger partial charge is 0.468 e. The summed E-state index contributed by atoms with van der Waals surface area (Å²) in [5, 5.41) is 0. The van der Waals surface area contributed by atoms with Crippen molar-refractivity contribution in [1.29, 1.82) is 0 Å². The second kappa shape index (κ2) is 4.88. The Morgan fingerprint density at radius 1 is 1.41 bits per heavy atom. The molecule has 17 heavy (non-hydrogen) atoms.